The molecule has 6 N–H and O–H groups in total. The predicted molar refractivity (Wildman–Crippen MR) is 82.0 cm³/mol. The summed E-state index contributed by atoms with van der Waals surface area (Å²) in [6.07, 6.45) is -4.67. The number of hydrogen-bond donors (Lipinski definition) is 5. The Hall–Kier alpha value is -0.850. The van der Waals surface area contributed by atoms with E-state index in [-0.39, 0.29) is 13.2 Å². The van der Waals surface area contributed by atoms with Gasteiger partial charge in [0.25, 0.3) is 0 Å². The molecule has 0 bridgehead atoms. The van der Waals surface area contributed by atoms with Crippen molar-refractivity contribution >= 4 is 5.91 Å². The van der Waals surface area contributed by atoms with Gasteiger partial charge in [0.15, 0.2) is 6.29 Å². The Kier molecular flexibility index (Phi) is 10.3. The lowest BCUT2D eigenvalue weighted by Gasteiger charge is -2.42. The fourth-order valence-corrected chi connectivity index (χ4v) is 2.24. The molecule has 1 rings (SSSR count). The first kappa shape index (κ1) is 21.2. The van der Waals surface area contributed by atoms with Crippen LogP contribution in [0, 0.1) is 0 Å². The molecule has 10 nitrogen and oxygen atoms in total. The Morgan fingerprint density at radius 3 is 2.33 bits per heavy atom. The van der Waals surface area contributed by atoms with Gasteiger partial charge in [-0.2, -0.15) is 0 Å². The Balaban J connectivity index is 2.39. The predicted octanol–water partition coefficient (Wildman–Crippen LogP) is -3.06. The second-order valence-electron chi connectivity index (χ2n) is 5.32. The molecule has 0 aromatic rings. The number of carbonyl (C=O) groups excluding carboxylic acids is 1. The molecule has 0 aromatic carbocycles. The maximum absolute atomic E-state index is 11.3. The summed E-state index contributed by atoms with van der Waals surface area (Å²) < 4.78 is 21.3. The van der Waals surface area contributed by atoms with Gasteiger partial charge in [-0.1, -0.05) is 0 Å². The molecule has 1 aliphatic rings. The number of nitrogens with two attached hydrogens (primary N) is 1. The van der Waals surface area contributed by atoms with Gasteiger partial charge in [0.2, 0.25) is 5.91 Å². The van der Waals surface area contributed by atoms with E-state index in [0.717, 1.165) is 0 Å². The number of amides is 1. The minimum absolute atomic E-state index is 0.138. The molecule has 0 radical (unpaired) electrons. The summed E-state index contributed by atoms with van der Waals surface area (Å²) >= 11 is 0. The van der Waals surface area contributed by atoms with Gasteiger partial charge in [-0.15, -0.1) is 0 Å². The highest BCUT2D eigenvalue weighted by molar-refractivity contribution is 5.73. The van der Waals surface area contributed by atoms with Crippen LogP contribution in [0.5, 0.6) is 0 Å². The number of nitrogens with one attached hydrogen (secondary N) is 1. The van der Waals surface area contributed by atoms with Crippen LogP contribution < -0.4 is 11.1 Å². The van der Waals surface area contributed by atoms with Gasteiger partial charge in [0.05, 0.1) is 39.6 Å². The minimum atomic E-state index is -1.33. The fraction of sp³-hybridized carbons (Fsp3) is 0.929. The van der Waals surface area contributed by atoms with Gasteiger partial charge in [-0.3, -0.25) is 4.79 Å². The lowest BCUT2D eigenvalue weighted by Crippen LogP contribution is -2.64. The van der Waals surface area contributed by atoms with E-state index in [0.29, 0.717) is 26.4 Å². The Morgan fingerprint density at radius 2 is 1.75 bits per heavy atom. The summed E-state index contributed by atoms with van der Waals surface area (Å²) in [6.45, 7) is 2.90. The highest BCUT2D eigenvalue weighted by Gasteiger charge is 2.45. The van der Waals surface area contributed by atoms with Crippen molar-refractivity contribution in [2.75, 3.05) is 46.2 Å². The molecule has 0 saturated carbocycles. The average Bonchev–Trinajstić information content (AvgIpc) is 2.55. The number of carbonyl (C=O) groups is 1. The number of aliphatic hydroxyl groups excluding tert-OH is 3. The van der Waals surface area contributed by atoms with E-state index in [1.54, 1.807) is 0 Å². The smallest absolute Gasteiger partial charge is 0.217 e. The van der Waals surface area contributed by atoms with Crippen molar-refractivity contribution in [3.8, 4) is 0 Å². The van der Waals surface area contributed by atoms with Gasteiger partial charge in [0.1, 0.15) is 24.4 Å². The van der Waals surface area contributed by atoms with Gasteiger partial charge >= 0.3 is 0 Å². The van der Waals surface area contributed by atoms with Gasteiger partial charge in [0, 0.05) is 13.5 Å². The first-order valence-corrected chi connectivity index (χ1v) is 7.88. The summed E-state index contributed by atoms with van der Waals surface area (Å²) in [5, 5.41) is 31.6. The molecular weight excluding hydrogens is 324 g/mol. The standard InChI is InChI=1S/C14H28N2O8/c1-9(18)16-11-13(20)12(19)10(8-17)24-14(11)23-7-6-22-5-4-21-3-2-15/h10-14,17,19-20H,2-8,15H2,1H3,(H,16,18)/t10-,11-,12+,13-,14-/m0/s1. The minimum Gasteiger partial charge on any atom is -0.394 e. The molecule has 1 fully saturated rings. The van der Waals surface area contributed by atoms with Gasteiger partial charge < -0.3 is 45.3 Å². The van der Waals surface area contributed by atoms with Crippen LogP contribution in [0.3, 0.4) is 0 Å². The van der Waals surface area contributed by atoms with Crippen molar-refractivity contribution in [3.63, 3.8) is 0 Å². The van der Waals surface area contributed by atoms with Crippen LogP contribution in [0.4, 0.5) is 0 Å². The number of aliphatic hydroxyl groups is 3. The Labute approximate surface area is 140 Å². The van der Waals surface area contributed by atoms with E-state index in [1.165, 1.54) is 6.92 Å². The molecule has 0 spiro atoms. The van der Waals surface area contributed by atoms with Crippen LogP contribution in [0.1, 0.15) is 6.92 Å². The van der Waals surface area contributed by atoms with E-state index in [9.17, 15) is 20.1 Å². The number of hydrogen-bond acceptors (Lipinski definition) is 9. The Morgan fingerprint density at radius 1 is 1.12 bits per heavy atom. The molecule has 1 aliphatic heterocycles. The maximum Gasteiger partial charge on any atom is 0.217 e. The normalized spacial score (nSPS) is 30.3. The SMILES string of the molecule is CC(=O)N[C@@H]1[C@@H](OCCOCCOCCN)O[C@@H](CO)[C@@H](O)[C@H]1O. The van der Waals surface area contributed by atoms with Gasteiger partial charge in [-0.05, 0) is 0 Å². The van der Waals surface area contributed by atoms with Crippen molar-refractivity contribution in [1.82, 2.24) is 5.32 Å². The molecule has 10 heteroatoms. The van der Waals surface area contributed by atoms with Crippen molar-refractivity contribution in [3.05, 3.63) is 0 Å². The molecular formula is C14H28N2O8. The topological polar surface area (TPSA) is 153 Å². The van der Waals surface area contributed by atoms with Crippen LogP contribution in [-0.4, -0.2) is 98.1 Å². The van der Waals surface area contributed by atoms with Crippen LogP contribution in [0.2, 0.25) is 0 Å². The van der Waals surface area contributed by atoms with E-state index in [2.05, 4.69) is 5.32 Å². The summed E-state index contributed by atoms with van der Waals surface area (Å²) in [4.78, 5) is 11.3. The molecule has 1 heterocycles. The zero-order chi connectivity index (χ0) is 17.9. The summed E-state index contributed by atoms with van der Waals surface area (Å²) in [5.74, 6) is -0.404. The van der Waals surface area contributed by atoms with Crippen LogP contribution in [-0.2, 0) is 23.7 Å². The second kappa shape index (κ2) is 11.7. The van der Waals surface area contributed by atoms with E-state index >= 15 is 0 Å². The highest BCUT2D eigenvalue weighted by Crippen LogP contribution is 2.22. The molecule has 0 unspecified atom stereocenters. The fourth-order valence-electron chi connectivity index (χ4n) is 2.24. The molecule has 0 aromatic heterocycles. The first-order valence-electron chi connectivity index (χ1n) is 7.88. The third-order valence-corrected chi connectivity index (χ3v) is 3.39. The largest absolute Gasteiger partial charge is 0.394 e. The van der Waals surface area contributed by atoms with Crippen LogP contribution in [0.15, 0.2) is 0 Å². The molecule has 5 atom stereocenters. The van der Waals surface area contributed by atoms with E-state index in [1.807, 2.05) is 0 Å². The van der Waals surface area contributed by atoms with Crippen molar-refractivity contribution in [2.45, 2.75) is 37.6 Å². The van der Waals surface area contributed by atoms with Crippen molar-refractivity contribution in [1.29, 1.82) is 0 Å². The quantitative estimate of drug-likeness (QED) is 0.244. The third kappa shape index (κ3) is 6.95. The second-order valence-corrected chi connectivity index (χ2v) is 5.32. The molecule has 0 aliphatic carbocycles. The van der Waals surface area contributed by atoms with E-state index in [4.69, 9.17) is 24.7 Å². The summed E-state index contributed by atoms with van der Waals surface area (Å²) in [6, 6.07) is -0.951. The number of rotatable bonds is 11. The monoisotopic (exact) mass is 352 g/mol. The number of ether oxygens (including phenoxy) is 4. The van der Waals surface area contributed by atoms with Crippen molar-refractivity contribution < 1.29 is 39.1 Å². The maximum atomic E-state index is 11.3. The van der Waals surface area contributed by atoms with E-state index < -0.39 is 43.2 Å². The molecule has 1 amide bonds. The highest BCUT2D eigenvalue weighted by atomic mass is 16.7. The average molecular weight is 352 g/mol. The van der Waals surface area contributed by atoms with Crippen molar-refractivity contribution in [2.24, 2.45) is 5.73 Å². The molecule has 1 saturated heterocycles. The zero-order valence-electron chi connectivity index (χ0n) is 13.8. The summed E-state index contributed by atoms with van der Waals surface area (Å²) in [5.41, 5.74) is 5.28. The molecule has 24 heavy (non-hydrogen) atoms. The Bertz CT molecular complexity index is 360. The third-order valence-electron chi connectivity index (χ3n) is 3.39. The zero-order valence-corrected chi connectivity index (χ0v) is 13.8. The molecule has 142 valence electrons. The van der Waals surface area contributed by atoms with Crippen LogP contribution in [0.25, 0.3) is 0 Å². The lowest BCUT2D eigenvalue weighted by molar-refractivity contribution is -0.272. The first-order chi connectivity index (χ1) is 11.5. The van der Waals surface area contributed by atoms with Crippen LogP contribution >= 0.6 is 0 Å². The van der Waals surface area contributed by atoms with Gasteiger partial charge in [-0.25, -0.2) is 0 Å². The summed E-state index contributed by atoms with van der Waals surface area (Å²) in [7, 11) is 0. The lowest BCUT2D eigenvalue weighted by atomic mass is 9.97.